The van der Waals surface area contributed by atoms with E-state index in [4.69, 9.17) is 4.42 Å². The highest BCUT2D eigenvalue weighted by atomic mass is 16.3. The molecule has 11 aromatic rings. The first-order valence-electron chi connectivity index (χ1n) is 16.6. The quantitative estimate of drug-likeness (QED) is 0.193. The lowest BCUT2D eigenvalue weighted by molar-refractivity contribution is 0.669. The van der Waals surface area contributed by atoms with E-state index >= 15 is 0 Å². The Kier molecular flexibility index (Phi) is 5.31. The molecule has 234 valence electrons. The van der Waals surface area contributed by atoms with Crippen LogP contribution in [0.4, 0.5) is 0 Å². The van der Waals surface area contributed by atoms with Crippen molar-refractivity contribution >= 4 is 65.6 Å². The first-order valence-corrected chi connectivity index (χ1v) is 16.6. The zero-order valence-electron chi connectivity index (χ0n) is 26.5. The standard InChI is InChI=1S/C44H25N3O3/c48-43-34-19-8-18-32(31-17-10-24-39-40(31)33-15-3-6-23-38(33)50-39)42(34)46-37-22-9-16-28(41(37)44(49)47(43)46)26-11-7-12-27(25-26)45-35-20-4-1-13-29(35)30-14-2-5-21-36(30)45/h1-25H. The van der Waals surface area contributed by atoms with Gasteiger partial charge in [0.15, 0.2) is 0 Å². The number of rotatable bonds is 3. The van der Waals surface area contributed by atoms with E-state index in [2.05, 4.69) is 77.4 Å². The van der Waals surface area contributed by atoms with Gasteiger partial charge in [-0.05, 0) is 65.2 Å². The monoisotopic (exact) mass is 643 g/mol. The molecule has 0 saturated heterocycles. The van der Waals surface area contributed by atoms with Crippen molar-refractivity contribution in [2.24, 2.45) is 0 Å². The van der Waals surface area contributed by atoms with E-state index < -0.39 is 0 Å². The molecular weight excluding hydrogens is 619 g/mol. The van der Waals surface area contributed by atoms with Crippen LogP contribution in [0.3, 0.4) is 0 Å². The van der Waals surface area contributed by atoms with Crippen molar-refractivity contribution in [3.05, 3.63) is 172 Å². The molecule has 6 heteroatoms. The molecule has 7 aromatic carbocycles. The molecule has 0 fully saturated rings. The Hall–Kier alpha value is -6.92. The number of fused-ring (bicyclic) bond motifs is 11. The van der Waals surface area contributed by atoms with Crippen LogP contribution in [0.2, 0.25) is 0 Å². The Morgan fingerprint density at radius 1 is 0.420 bits per heavy atom. The highest BCUT2D eigenvalue weighted by Gasteiger charge is 2.24. The highest BCUT2D eigenvalue weighted by molar-refractivity contribution is 6.15. The zero-order valence-corrected chi connectivity index (χ0v) is 26.5. The molecule has 0 aliphatic heterocycles. The van der Waals surface area contributed by atoms with Gasteiger partial charge in [-0.3, -0.25) is 9.59 Å². The molecule has 0 radical (unpaired) electrons. The van der Waals surface area contributed by atoms with Gasteiger partial charge in [-0.2, -0.15) is 4.52 Å². The summed E-state index contributed by atoms with van der Waals surface area (Å²) in [6, 6.07) is 50.7. The van der Waals surface area contributed by atoms with Gasteiger partial charge in [-0.25, -0.2) is 4.52 Å². The van der Waals surface area contributed by atoms with Crippen LogP contribution < -0.4 is 11.1 Å². The Balaban J connectivity index is 1.19. The van der Waals surface area contributed by atoms with E-state index in [-0.39, 0.29) is 11.1 Å². The summed E-state index contributed by atoms with van der Waals surface area (Å²) in [5.74, 6) is 0. The van der Waals surface area contributed by atoms with Crippen molar-refractivity contribution in [1.29, 1.82) is 0 Å². The summed E-state index contributed by atoms with van der Waals surface area (Å²) in [6.45, 7) is 0. The largest absolute Gasteiger partial charge is 0.456 e. The van der Waals surface area contributed by atoms with E-state index in [9.17, 15) is 9.59 Å². The maximum absolute atomic E-state index is 14.5. The minimum Gasteiger partial charge on any atom is -0.456 e. The summed E-state index contributed by atoms with van der Waals surface area (Å²) in [5, 5.41) is 5.34. The van der Waals surface area contributed by atoms with Gasteiger partial charge < -0.3 is 8.98 Å². The lowest BCUT2D eigenvalue weighted by atomic mass is 9.97. The molecular formula is C44H25N3O3. The molecule has 0 unspecified atom stereocenters. The lowest BCUT2D eigenvalue weighted by Gasteiger charge is -2.11. The maximum atomic E-state index is 14.5. The Labute approximate surface area is 283 Å². The molecule has 4 heterocycles. The number of para-hydroxylation sites is 4. The van der Waals surface area contributed by atoms with E-state index in [0.29, 0.717) is 21.8 Å². The molecule has 0 spiro atoms. The topological polar surface area (TPSA) is 61.0 Å². The van der Waals surface area contributed by atoms with Crippen LogP contribution in [-0.4, -0.2) is 13.6 Å². The van der Waals surface area contributed by atoms with Crippen molar-refractivity contribution < 1.29 is 4.42 Å². The first-order chi connectivity index (χ1) is 24.7. The van der Waals surface area contributed by atoms with E-state index in [1.165, 1.54) is 15.3 Å². The molecule has 0 atom stereocenters. The SMILES string of the molecule is O=c1c2cccc(-c3cccc4oc5ccccc5c34)c2n2c3cccc(-c4cccc(-n5c6ccccc6c6ccccc65)c4)c3c(=O)n12. The summed E-state index contributed by atoms with van der Waals surface area (Å²) in [7, 11) is 0. The van der Waals surface area contributed by atoms with Gasteiger partial charge in [-0.15, -0.1) is 0 Å². The third-order valence-corrected chi connectivity index (χ3v) is 10.2. The van der Waals surface area contributed by atoms with Gasteiger partial charge in [0.1, 0.15) is 11.2 Å². The molecule has 0 bridgehead atoms. The van der Waals surface area contributed by atoms with Crippen LogP contribution in [0.25, 0.3) is 93.5 Å². The second-order valence-corrected chi connectivity index (χ2v) is 12.8. The van der Waals surface area contributed by atoms with E-state index in [0.717, 1.165) is 60.9 Å². The molecule has 0 amide bonds. The number of furan rings is 1. The fraction of sp³-hybridized carbons (Fsp3) is 0. The van der Waals surface area contributed by atoms with Crippen LogP contribution in [0.1, 0.15) is 0 Å². The minimum absolute atomic E-state index is 0.336. The first kappa shape index (κ1) is 27.1. The second-order valence-electron chi connectivity index (χ2n) is 12.8. The van der Waals surface area contributed by atoms with Gasteiger partial charge in [0.2, 0.25) is 0 Å². The van der Waals surface area contributed by atoms with Crippen LogP contribution in [0.5, 0.6) is 0 Å². The number of hydrogen-bond acceptors (Lipinski definition) is 3. The van der Waals surface area contributed by atoms with E-state index in [1.54, 1.807) is 6.07 Å². The molecule has 0 saturated carbocycles. The molecule has 0 aliphatic carbocycles. The lowest BCUT2D eigenvalue weighted by Crippen LogP contribution is -2.21. The summed E-state index contributed by atoms with van der Waals surface area (Å²) in [5.41, 5.74) is 8.96. The van der Waals surface area contributed by atoms with Crippen molar-refractivity contribution in [2.75, 3.05) is 0 Å². The Morgan fingerprint density at radius 3 is 1.84 bits per heavy atom. The number of hydrogen-bond donors (Lipinski definition) is 0. The second kappa shape index (κ2) is 9.81. The third kappa shape index (κ3) is 3.46. The van der Waals surface area contributed by atoms with E-state index in [1.807, 2.05) is 77.3 Å². The Morgan fingerprint density at radius 2 is 1.02 bits per heavy atom. The molecule has 6 nitrogen and oxygen atoms in total. The predicted octanol–water partition coefficient (Wildman–Crippen LogP) is 9.83. The minimum atomic E-state index is -0.336. The van der Waals surface area contributed by atoms with Gasteiger partial charge >= 0.3 is 0 Å². The molecule has 0 aliphatic rings. The molecule has 0 N–H and O–H groups in total. The third-order valence-electron chi connectivity index (χ3n) is 10.2. The number of benzene rings is 7. The smallest absolute Gasteiger partial charge is 0.283 e. The number of aromatic nitrogens is 3. The fourth-order valence-electron chi connectivity index (χ4n) is 8.18. The highest BCUT2D eigenvalue weighted by Crippen LogP contribution is 2.40. The summed E-state index contributed by atoms with van der Waals surface area (Å²) < 4.78 is 11.6. The van der Waals surface area contributed by atoms with Crippen LogP contribution in [0, 0.1) is 0 Å². The average Bonchev–Trinajstić information content (AvgIpc) is 3.89. The maximum Gasteiger partial charge on any atom is 0.283 e. The molecule has 4 aromatic heterocycles. The Bertz CT molecular complexity index is 3270. The molecule has 50 heavy (non-hydrogen) atoms. The van der Waals surface area contributed by atoms with Crippen molar-refractivity contribution in [3.63, 3.8) is 0 Å². The molecule has 11 rings (SSSR count). The van der Waals surface area contributed by atoms with Gasteiger partial charge in [0, 0.05) is 32.8 Å². The predicted molar refractivity (Wildman–Crippen MR) is 202 cm³/mol. The van der Waals surface area contributed by atoms with Crippen LogP contribution >= 0.6 is 0 Å². The zero-order chi connectivity index (χ0) is 33.1. The average molecular weight is 644 g/mol. The summed E-state index contributed by atoms with van der Waals surface area (Å²) >= 11 is 0. The normalized spacial score (nSPS) is 12.2. The van der Waals surface area contributed by atoms with Crippen molar-refractivity contribution in [2.45, 2.75) is 0 Å². The van der Waals surface area contributed by atoms with Crippen LogP contribution in [0.15, 0.2) is 166 Å². The van der Waals surface area contributed by atoms with Gasteiger partial charge in [0.25, 0.3) is 11.1 Å². The van der Waals surface area contributed by atoms with Crippen molar-refractivity contribution in [3.8, 4) is 27.9 Å². The number of nitrogens with zero attached hydrogens (tertiary/aromatic N) is 3. The van der Waals surface area contributed by atoms with Crippen molar-refractivity contribution in [1.82, 2.24) is 13.6 Å². The van der Waals surface area contributed by atoms with Gasteiger partial charge in [0.05, 0.1) is 32.8 Å². The summed E-state index contributed by atoms with van der Waals surface area (Å²) in [4.78, 5) is 28.6. The van der Waals surface area contributed by atoms with Gasteiger partial charge in [-0.1, -0.05) is 103 Å². The van der Waals surface area contributed by atoms with Crippen LogP contribution in [-0.2, 0) is 0 Å². The fourth-order valence-corrected chi connectivity index (χ4v) is 8.18. The summed E-state index contributed by atoms with van der Waals surface area (Å²) in [6.07, 6.45) is 0.